The maximum atomic E-state index is 13.0. The summed E-state index contributed by atoms with van der Waals surface area (Å²) in [5.41, 5.74) is 0.390. The van der Waals surface area contributed by atoms with Crippen molar-refractivity contribution >= 4 is 34.2 Å². The Balaban J connectivity index is 1.49. The number of anilines is 1. The standard InChI is InChI=1S/C23H20ClF2N5O2/c1-13-7-9-31-20(10-13)29-19-12-14(11-17(21(19)31)18-6-8-27-30-18)22(32)28-15-2-4-16(5-3-15)33-23(24,25)26/h2-6,8,11-13H,7,9-10H2,1H3,(H,27,30)(H,28,32)/t13-/m1/s1. The number of alkyl halides is 3. The number of benzene rings is 2. The van der Waals surface area contributed by atoms with Crippen LogP contribution in [0.1, 0.15) is 29.5 Å². The number of halogens is 3. The van der Waals surface area contributed by atoms with Crippen LogP contribution in [-0.4, -0.2) is 31.2 Å². The zero-order valence-corrected chi connectivity index (χ0v) is 18.4. The third kappa shape index (κ3) is 4.41. The number of carbonyl (C=O) groups excluding carboxylic acids is 1. The second-order valence-electron chi connectivity index (χ2n) is 8.17. The van der Waals surface area contributed by atoms with Gasteiger partial charge >= 0.3 is 5.57 Å². The maximum absolute atomic E-state index is 13.0. The number of carbonyl (C=O) groups is 1. The fourth-order valence-electron chi connectivity index (χ4n) is 4.16. The molecule has 7 nitrogen and oxygen atoms in total. The third-order valence-corrected chi connectivity index (χ3v) is 5.77. The third-order valence-electron chi connectivity index (χ3n) is 5.70. The van der Waals surface area contributed by atoms with Crippen LogP contribution in [0.25, 0.3) is 22.3 Å². The lowest BCUT2D eigenvalue weighted by Crippen LogP contribution is -2.17. The van der Waals surface area contributed by atoms with Crippen LogP contribution in [0.2, 0.25) is 0 Å². The molecule has 2 aromatic heterocycles. The largest absolute Gasteiger partial charge is 0.487 e. The highest BCUT2D eigenvalue weighted by Gasteiger charge is 2.27. The molecule has 0 bridgehead atoms. The van der Waals surface area contributed by atoms with Gasteiger partial charge in [-0.15, -0.1) is 8.78 Å². The molecule has 5 rings (SSSR count). The number of fused-ring (bicyclic) bond motifs is 3. The molecule has 1 amide bonds. The first kappa shape index (κ1) is 21.4. The van der Waals surface area contributed by atoms with E-state index in [4.69, 9.17) is 16.6 Å². The van der Waals surface area contributed by atoms with Gasteiger partial charge in [0.05, 0.1) is 16.7 Å². The van der Waals surface area contributed by atoms with Crippen LogP contribution in [0, 0.1) is 5.92 Å². The predicted molar refractivity (Wildman–Crippen MR) is 121 cm³/mol. The van der Waals surface area contributed by atoms with E-state index < -0.39 is 5.57 Å². The van der Waals surface area contributed by atoms with Crippen LogP contribution >= 0.6 is 11.6 Å². The zero-order chi connectivity index (χ0) is 23.2. The van der Waals surface area contributed by atoms with Crippen molar-refractivity contribution < 1.29 is 18.3 Å². The molecule has 170 valence electrons. The normalized spacial score (nSPS) is 15.9. The molecule has 33 heavy (non-hydrogen) atoms. The predicted octanol–water partition coefficient (Wildman–Crippen LogP) is 5.43. The first-order valence-electron chi connectivity index (χ1n) is 10.5. The monoisotopic (exact) mass is 471 g/mol. The summed E-state index contributed by atoms with van der Waals surface area (Å²) in [6.45, 7) is 3.08. The molecule has 0 aliphatic carbocycles. The van der Waals surface area contributed by atoms with Gasteiger partial charge in [0.2, 0.25) is 0 Å². The molecule has 3 heterocycles. The number of amides is 1. The first-order valence-corrected chi connectivity index (χ1v) is 10.8. The van der Waals surface area contributed by atoms with Gasteiger partial charge in [0.25, 0.3) is 5.91 Å². The van der Waals surface area contributed by atoms with E-state index in [0.717, 1.165) is 47.5 Å². The number of rotatable bonds is 5. The summed E-state index contributed by atoms with van der Waals surface area (Å²) in [6, 6.07) is 11.0. The van der Waals surface area contributed by atoms with Gasteiger partial charge in [-0.25, -0.2) is 4.98 Å². The van der Waals surface area contributed by atoms with Crippen molar-refractivity contribution in [3.05, 3.63) is 60.0 Å². The Hall–Kier alpha value is -3.46. The van der Waals surface area contributed by atoms with Crippen molar-refractivity contribution in [2.24, 2.45) is 5.92 Å². The number of nitrogens with zero attached hydrogens (tertiary/aromatic N) is 3. The van der Waals surface area contributed by atoms with Crippen LogP contribution in [0.3, 0.4) is 0 Å². The van der Waals surface area contributed by atoms with Crippen LogP contribution in [0.15, 0.2) is 48.7 Å². The Kier molecular flexibility index (Phi) is 5.28. The van der Waals surface area contributed by atoms with E-state index in [0.29, 0.717) is 17.2 Å². The summed E-state index contributed by atoms with van der Waals surface area (Å²) in [5, 5.41) is 9.82. The summed E-state index contributed by atoms with van der Waals surface area (Å²) >= 11 is 4.78. The highest BCUT2D eigenvalue weighted by atomic mass is 35.5. The smallest absolute Gasteiger partial charge is 0.420 e. The number of H-pyrrole nitrogens is 1. The Morgan fingerprint density at radius 3 is 2.76 bits per heavy atom. The molecule has 0 radical (unpaired) electrons. The van der Waals surface area contributed by atoms with Gasteiger partial charge in [-0.1, -0.05) is 6.92 Å². The molecule has 2 N–H and O–H groups in total. The lowest BCUT2D eigenvalue weighted by Gasteiger charge is -2.20. The summed E-state index contributed by atoms with van der Waals surface area (Å²) < 4.78 is 32.1. The Morgan fingerprint density at radius 2 is 2.06 bits per heavy atom. The van der Waals surface area contributed by atoms with Gasteiger partial charge in [-0.05, 0) is 54.8 Å². The molecule has 1 aliphatic heterocycles. The molecular formula is C23H20ClF2N5O2. The van der Waals surface area contributed by atoms with Gasteiger partial charge in [0, 0.05) is 47.6 Å². The number of ether oxygens (including phenoxy) is 1. The molecule has 0 unspecified atom stereocenters. The minimum Gasteiger partial charge on any atom is -0.420 e. The quantitative estimate of drug-likeness (QED) is 0.380. The minimum absolute atomic E-state index is 0.117. The van der Waals surface area contributed by atoms with Crippen molar-refractivity contribution in [1.29, 1.82) is 0 Å². The molecule has 4 aromatic rings. The molecule has 0 fully saturated rings. The van der Waals surface area contributed by atoms with E-state index in [2.05, 4.69) is 31.7 Å². The first-order chi connectivity index (χ1) is 15.8. The van der Waals surface area contributed by atoms with Crippen LogP contribution in [0.5, 0.6) is 5.75 Å². The fraction of sp³-hybridized carbons (Fsp3) is 0.261. The fourth-order valence-corrected chi connectivity index (χ4v) is 4.25. The zero-order valence-electron chi connectivity index (χ0n) is 17.6. The lowest BCUT2D eigenvalue weighted by molar-refractivity contribution is -0.0964. The maximum Gasteiger partial charge on any atom is 0.487 e. The molecule has 0 saturated carbocycles. The average Bonchev–Trinajstić information content (AvgIpc) is 3.40. The molecule has 0 spiro atoms. The molecule has 0 saturated heterocycles. The second kappa shape index (κ2) is 8.15. The lowest BCUT2D eigenvalue weighted by atomic mass is 10.00. The minimum atomic E-state index is -3.80. The molecule has 1 aliphatic rings. The van der Waals surface area contributed by atoms with Crippen molar-refractivity contribution in [2.75, 3.05) is 5.32 Å². The van der Waals surface area contributed by atoms with E-state index in [1.807, 2.05) is 12.1 Å². The number of aromatic amines is 1. The van der Waals surface area contributed by atoms with Gasteiger partial charge in [0.1, 0.15) is 11.6 Å². The number of nitrogens with one attached hydrogen (secondary N) is 2. The van der Waals surface area contributed by atoms with Crippen LogP contribution in [-0.2, 0) is 13.0 Å². The average molecular weight is 472 g/mol. The molecule has 2 aromatic carbocycles. The van der Waals surface area contributed by atoms with E-state index in [-0.39, 0.29) is 11.7 Å². The van der Waals surface area contributed by atoms with Crippen molar-refractivity contribution in [1.82, 2.24) is 19.7 Å². The SMILES string of the molecule is C[C@@H]1CCn2c(nc3cc(C(=O)Nc4ccc(OC(F)(F)Cl)cc4)cc(-c4ccn[nH]4)c32)C1. The second-order valence-corrected chi connectivity index (χ2v) is 8.61. The van der Waals surface area contributed by atoms with E-state index >= 15 is 0 Å². The van der Waals surface area contributed by atoms with Gasteiger partial charge < -0.3 is 14.6 Å². The van der Waals surface area contributed by atoms with Crippen LogP contribution in [0.4, 0.5) is 14.5 Å². The van der Waals surface area contributed by atoms with Crippen molar-refractivity contribution in [3.63, 3.8) is 0 Å². The highest BCUT2D eigenvalue weighted by Crippen LogP contribution is 2.33. The van der Waals surface area contributed by atoms with Crippen LogP contribution < -0.4 is 10.1 Å². The van der Waals surface area contributed by atoms with E-state index in [1.165, 1.54) is 24.3 Å². The molecule has 10 heteroatoms. The van der Waals surface area contributed by atoms with Crippen molar-refractivity contribution in [3.8, 4) is 17.0 Å². The number of hydrogen-bond acceptors (Lipinski definition) is 4. The van der Waals surface area contributed by atoms with Gasteiger partial charge in [-0.3, -0.25) is 9.89 Å². The summed E-state index contributed by atoms with van der Waals surface area (Å²) in [7, 11) is 0. The Bertz CT molecular complexity index is 1310. The summed E-state index contributed by atoms with van der Waals surface area (Å²) in [4.78, 5) is 17.9. The summed E-state index contributed by atoms with van der Waals surface area (Å²) in [5.74, 6) is 1.09. The number of aromatic nitrogens is 4. The highest BCUT2D eigenvalue weighted by molar-refractivity contribution is 6.20. The molecule has 1 atom stereocenters. The summed E-state index contributed by atoms with van der Waals surface area (Å²) in [6.07, 6.45) is 3.62. The van der Waals surface area contributed by atoms with Gasteiger partial charge in [0.15, 0.2) is 0 Å². The topological polar surface area (TPSA) is 84.8 Å². The Morgan fingerprint density at radius 1 is 1.27 bits per heavy atom. The number of aryl methyl sites for hydroxylation is 1. The molecular weight excluding hydrogens is 452 g/mol. The van der Waals surface area contributed by atoms with Gasteiger partial charge in [-0.2, -0.15) is 5.10 Å². The number of imidazole rings is 1. The number of hydrogen-bond donors (Lipinski definition) is 2. The van der Waals surface area contributed by atoms with Crippen molar-refractivity contribution in [2.45, 2.75) is 31.9 Å². The Labute approximate surface area is 192 Å². The van der Waals surface area contributed by atoms with E-state index in [1.54, 1.807) is 12.3 Å². The van der Waals surface area contributed by atoms with E-state index in [9.17, 15) is 13.6 Å².